The van der Waals surface area contributed by atoms with Crippen LogP contribution in [0.2, 0.25) is 0 Å². The molecule has 3 nitrogen and oxygen atoms in total. The maximum absolute atomic E-state index is 4.65. The molecule has 3 heteroatoms. The number of rotatable bonds is 5. The highest BCUT2D eigenvalue weighted by Crippen LogP contribution is 2.20. The molecule has 0 saturated heterocycles. The third kappa shape index (κ3) is 3.23. The minimum absolute atomic E-state index is 0.288. The summed E-state index contributed by atoms with van der Waals surface area (Å²) < 4.78 is 0. The second-order valence-corrected chi connectivity index (χ2v) is 5.06. The molecular weight excluding hydrogens is 246 g/mol. The number of benzene rings is 1. The van der Waals surface area contributed by atoms with Crippen molar-refractivity contribution in [3.8, 4) is 11.4 Å². The van der Waals surface area contributed by atoms with Crippen LogP contribution in [0.1, 0.15) is 43.6 Å². The van der Waals surface area contributed by atoms with Crippen LogP contribution in [0.4, 0.5) is 0 Å². The molecule has 2 rings (SSSR count). The highest BCUT2D eigenvalue weighted by Gasteiger charge is 2.10. The van der Waals surface area contributed by atoms with E-state index >= 15 is 0 Å². The first-order valence-corrected chi connectivity index (χ1v) is 7.32. The van der Waals surface area contributed by atoms with Crippen LogP contribution in [0.3, 0.4) is 0 Å². The summed E-state index contributed by atoms with van der Waals surface area (Å²) in [6, 6.07) is 8.77. The molecule has 1 aromatic heterocycles. The van der Waals surface area contributed by atoms with Crippen molar-refractivity contribution in [1.82, 2.24) is 15.3 Å². The zero-order chi connectivity index (χ0) is 14.5. The molecule has 0 bridgehead atoms. The van der Waals surface area contributed by atoms with Gasteiger partial charge >= 0.3 is 0 Å². The minimum atomic E-state index is 0.288. The van der Waals surface area contributed by atoms with E-state index in [0.29, 0.717) is 0 Å². The van der Waals surface area contributed by atoms with E-state index in [1.165, 1.54) is 11.1 Å². The lowest BCUT2D eigenvalue weighted by Gasteiger charge is -2.15. The van der Waals surface area contributed by atoms with E-state index in [1.807, 2.05) is 6.20 Å². The second kappa shape index (κ2) is 6.62. The topological polar surface area (TPSA) is 37.8 Å². The SMILES string of the molecule is CCNC(C)c1cnc(-c2ccc(CC)cc2)nc1C. The van der Waals surface area contributed by atoms with Crippen molar-refractivity contribution in [2.75, 3.05) is 6.54 Å². The predicted octanol–water partition coefficient (Wildman–Crippen LogP) is 3.68. The third-order valence-electron chi connectivity index (χ3n) is 3.61. The highest BCUT2D eigenvalue weighted by atomic mass is 14.9. The van der Waals surface area contributed by atoms with Gasteiger partial charge in [0.1, 0.15) is 0 Å². The van der Waals surface area contributed by atoms with Crippen molar-refractivity contribution in [1.29, 1.82) is 0 Å². The van der Waals surface area contributed by atoms with Crippen LogP contribution in [0.15, 0.2) is 30.5 Å². The fourth-order valence-corrected chi connectivity index (χ4v) is 2.35. The first kappa shape index (κ1) is 14.7. The Morgan fingerprint density at radius 3 is 2.40 bits per heavy atom. The Balaban J connectivity index is 2.27. The monoisotopic (exact) mass is 269 g/mol. The zero-order valence-corrected chi connectivity index (χ0v) is 12.8. The number of hydrogen-bond acceptors (Lipinski definition) is 3. The lowest BCUT2D eigenvalue weighted by molar-refractivity contribution is 0.590. The fraction of sp³-hybridized carbons (Fsp3) is 0.412. The molecule has 0 radical (unpaired) electrons. The minimum Gasteiger partial charge on any atom is -0.310 e. The average molecular weight is 269 g/mol. The lowest BCUT2D eigenvalue weighted by Crippen LogP contribution is -2.19. The van der Waals surface area contributed by atoms with Gasteiger partial charge in [0.05, 0.1) is 0 Å². The fourth-order valence-electron chi connectivity index (χ4n) is 2.35. The van der Waals surface area contributed by atoms with Gasteiger partial charge in [-0.15, -0.1) is 0 Å². The molecule has 0 spiro atoms. The molecule has 1 unspecified atom stereocenters. The van der Waals surface area contributed by atoms with Crippen LogP contribution >= 0.6 is 0 Å². The Hall–Kier alpha value is -1.74. The van der Waals surface area contributed by atoms with Crippen molar-refractivity contribution in [3.05, 3.63) is 47.3 Å². The number of aromatic nitrogens is 2. The second-order valence-electron chi connectivity index (χ2n) is 5.06. The molecule has 0 aliphatic heterocycles. The number of hydrogen-bond donors (Lipinski definition) is 1. The van der Waals surface area contributed by atoms with Crippen molar-refractivity contribution >= 4 is 0 Å². The lowest BCUT2D eigenvalue weighted by atomic mass is 10.1. The van der Waals surface area contributed by atoms with E-state index in [2.05, 4.69) is 67.2 Å². The maximum Gasteiger partial charge on any atom is 0.159 e. The largest absolute Gasteiger partial charge is 0.310 e. The summed E-state index contributed by atoms with van der Waals surface area (Å²) >= 11 is 0. The summed E-state index contributed by atoms with van der Waals surface area (Å²) in [5.74, 6) is 0.803. The van der Waals surface area contributed by atoms with Gasteiger partial charge in [-0.1, -0.05) is 38.1 Å². The molecule has 1 heterocycles. The van der Waals surface area contributed by atoms with E-state index in [0.717, 1.165) is 30.0 Å². The summed E-state index contributed by atoms with van der Waals surface area (Å²) in [5, 5.41) is 3.40. The Labute approximate surface area is 121 Å². The van der Waals surface area contributed by atoms with E-state index in [1.54, 1.807) is 0 Å². The Kier molecular flexibility index (Phi) is 4.85. The van der Waals surface area contributed by atoms with Crippen LogP contribution in [0.25, 0.3) is 11.4 Å². The van der Waals surface area contributed by atoms with Crippen LogP contribution in [-0.4, -0.2) is 16.5 Å². The molecule has 0 saturated carbocycles. The van der Waals surface area contributed by atoms with Gasteiger partial charge in [0.15, 0.2) is 5.82 Å². The number of nitrogens with one attached hydrogen (secondary N) is 1. The Bertz CT molecular complexity index is 561. The first-order chi connectivity index (χ1) is 9.65. The standard InChI is InChI=1S/C17H23N3/c1-5-14-7-9-15(10-8-14)17-19-11-16(13(4)20-17)12(3)18-6-2/h7-12,18H,5-6H2,1-4H3. The third-order valence-corrected chi connectivity index (χ3v) is 3.61. The van der Waals surface area contributed by atoms with E-state index < -0.39 is 0 Å². The van der Waals surface area contributed by atoms with E-state index in [-0.39, 0.29) is 6.04 Å². The van der Waals surface area contributed by atoms with Gasteiger partial charge in [0.2, 0.25) is 0 Å². The van der Waals surface area contributed by atoms with Crippen molar-refractivity contribution < 1.29 is 0 Å². The summed E-state index contributed by atoms with van der Waals surface area (Å²) in [7, 11) is 0. The van der Waals surface area contributed by atoms with Gasteiger partial charge in [-0.3, -0.25) is 0 Å². The molecule has 1 aromatic carbocycles. The van der Waals surface area contributed by atoms with Crippen molar-refractivity contribution in [3.63, 3.8) is 0 Å². The predicted molar refractivity (Wildman–Crippen MR) is 83.7 cm³/mol. The van der Waals surface area contributed by atoms with Gasteiger partial charge in [0, 0.05) is 29.1 Å². The molecule has 0 aliphatic rings. The van der Waals surface area contributed by atoms with Crippen LogP contribution in [-0.2, 0) is 6.42 Å². The molecule has 0 fully saturated rings. The molecule has 20 heavy (non-hydrogen) atoms. The molecule has 0 amide bonds. The number of aryl methyl sites for hydroxylation is 2. The summed E-state index contributed by atoms with van der Waals surface area (Å²) in [4.78, 5) is 9.17. The Morgan fingerprint density at radius 1 is 1.15 bits per heavy atom. The van der Waals surface area contributed by atoms with Crippen LogP contribution in [0.5, 0.6) is 0 Å². The van der Waals surface area contributed by atoms with Gasteiger partial charge in [-0.25, -0.2) is 9.97 Å². The molecule has 1 atom stereocenters. The molecular formula is C17H23N3. The molecule has 106 valence electrons. The first-order valence-electron chi connectivity index (χ1n) is 7.32. The van der Waals surface area contributed by atoms with Crippen LogP contribution < -0.4 is 5.32 Å². The summed E-state index contributed by atoms with van der Waals surface area (Å²) in [6.07, 6.45) is 3.00. The zero-order valence-electron chi connectivity index (χ0n) is 12.8. The van der Waals surface area contributed by atoms with E-state index in [4.69, 9.17) is 0 Å². The molecule has 2 aromatic rings. The maximum atomic E-state index is 4.65. The van der Waals surface area contributed by atoms with E-state index in [9.17, 15) is 0 Å². The Morgan fingerprint density at radius 2 is 1.85 bits per heavy atom. The van der Waals surface area contributed by atoms with Gasteiger partial charge < -0.3 is 5.32 Å². The normalized spacial score (nSPS) is 12.4. The molecule has 0 aliphatic carbocycles. The average Bonchev–Trinajstić information content (AvgIpc) is 2.47. The van der Waals surface area contributed by atoms with Gasteiger partial charge in [-0.05, 0) is 32.4 Å². The van der Waals surface area contributed by atoms with Crippen molar-refractivity contribution in [2.45, 2.75) is 40.2 Å². The van der Waals surface area contributed by atoms with Crippen molar-refractivity contribution in [2.24, 2.45) is 0 Å². The summed E-state index contributed by atoms with van der Waals surface area (Å²) in [5.41, 5.74) is 4.62. The highest BCUT2D eigenvalue weighted by molar-refractivity contribution is 5.55. The smallest absolute Gasteiger partial charge is 0.159 e. The summed E-state index contributed by atoms with van der Waals surface area (Å²) in [6.45, 7) is 9.41. The van der Waals surface area contributed by atoms with Gasteiger partial charge in [-0.2, -0.15) is 0 Å². The van der Waals surface area contributed by atoms with Gasteiger partial charge in [0.25, 0.3) is 0 Å². The van der Waals surface area contributed by atoms with Crippen LogP contribution in [0, 0.1) is 6.92 Å². The molecule has 1 N–H and O–H groups in total. The quantitative estimate of drug-likeness (QED) is 0.899. The number of nitrogens with zero attached hydrogens (tertiary/aromatic N) is 2.